The van der Waals surface area contributed by atoms with E-state index in [4.69, 9.17) is 5.11 Å². The number of aromatic amines is 2. The summed E-state index contributed by atoms with van der Waals surface area (Å²) in [5.74, 6) is -3.81. The monoisotopic (exact) mass is 915 g/mol. The number of likely N-dealkylation sites (tertiary alicyclic amines) is 1. The van der Waals surface area contributed by atoms with E-state index in [1.807, 2.05) is 57.4 Å². The number of nitrogens with one attached hydrogen (secondary N) is 3. The lowest BCUT2D eigenvalue weighted by atomic mass is 9.99. The average Bonchev–Trinajstić information content (AvgIpc) is 3.84. The molecule has 5 heterocycles. The van der Waals surface area contributed by atoms with Crippen molar-refractivity contribution < 1.29 is 30.0 Å². The average molecular weight is 917 g/mol. The number of fused-ring (bicyclic) bond motifs is 2. The second-order valence-corrected chi connectivity index (χ2v) is 15.4. The zero-order chi connectivity index (χ0) is 42.9. The molecule has 1 unspecified atom stereocenters. The van der Waals surface area contributed by atoms with Gasteiger partial charge in [-0.1, -0.05) is 26.0 Å². The molecule has 1 atom stereocenters. The minimum atomic E-state index is -1.44. The van der Waals surface area contributed by atoms with Gasteiger partial charge < -0.3 is 49.7 Å². The van der Waals surface area contributed by atoms with Gasteiger partial charge in [-0.05, 0) is 101 Å². The number of benzene rings is 2. The highest BCUT2D eigenvalue weighted by Gasteiger charge is 2.27. The highest BCUT2D eigenvalue weighted by Crippen LogP contribution is 2.34. The van der Waals surface area contributed by atoms with Crippen molar-refractivity contribution in [1.82, 2.24) is 34.2 Å². The maximum absolute atomic E-state index is 12.4. The summed E-state index contributed by atoms with van der Waals surface area (Å²) in [6, 6.07) is 16.4. The summed E-state index contributed by atoms with van der Waals surface area (Å²) >= 11 is 0. The summed E-state index contributed by atoms with van der Waals surface area (Å²) in [5, 5.41) is 44.4. The molecule has 0 bridgehead atoms. The van der Waals surface area contributed by atoms with Crippen LogP contribution in [0.4, 0.5) is 0 Å². The molecule has 4 aromatic heterocycles. The molecule has 0 saturated carbocycles. The molecule has 62 heavy (non-hydrogen) atoms. The van der Waals surface area contributed by atoms with Crippen LogP contribution in [0.2, 0.25) is 0 Å². The van der Waals surface area contributed by atoms with E-state index in [0.717, 1.165) is 64.8 Å². The number of rotatable bonds is 12. The second kappa shape index (κ2) is 21.2. The van der Waals surface area contributed by atoms with Crippen LogP contribution in [0.3, 0.4) is 0 Å². The first-order valence-electron chi connectivity index (χ1n) is 19.7. The van der Waals surface area contributed by atoms with E-state index in [1.165, 1.54) is 18.5 Å². The lowest BCUT2D eigenvalue weighted by molar-refractivity contribution is 0.0680. The third-order valence-corrected chi connectivity index (χ3v) is 11.4. The Balaban J connectivity index is 0.000000323. The number of aromatic nitrogens is 4. The van der Waals surface area contributed by atoms with Gasteiger partial charge in [-0.25, -0.2) is 9.59 Å². The number of carboxylic acid groups (broad SMARTS) is 2. The molecule has 18 heteroatoms. The maximum Gasteiger partial charge on any atom is 0.345 e. The normalized spacial score (nSPS) is 13.6. The molecule has 1 saturated heterocycles. The number of carboxylic acids is 2. The van der Waals surface area contributed by atoms with Crippen molar-refractivity contribution >= 4 is 71.0 Å². The largest absolute Gasteiger partial charge is 0.506 e. The number of H-pyrrole nitrogens is 2. The Morgan fingerprint density at radius 2 is 1.21 bits per heavy atom. The number of aromatic carboxylic acids is 2. The smallest absolute Gasteiger partial charge is 0.345 e. The highest BCUT2D eigenvalue weighted by molar-refractivity contribution is 5.94. The molecule has 1 aliphatic rings. The third kappa shape index (κ3) is 9.99. The SMILES string of the molecule is CCc1c(-c2ccc3c(c2)cc(CN2CCCC2CN(C)C)n3C)[nH]c(=O)c(C(=O)O)c1O.CCc1c(-c2ccc3c(c2)cc(CNC)n3C)[nH]c(=O)c(C(=O)O)c1O.Cl.Cl.Cl. The van der Waals surface area contributed by atoms with Crippen LogP contribution in [0.5, 0.6) is 11.5 Å². The first kappa shape index (κ1) is 51.1. The second-order valence-electron chi connectivity index (χ2n) is 15.4. The van der Waals surface area contributed by atoms with Gasteiger partial charge >= 0.3 is 11.9 Å². The molecule has 1 fully saturated rings. The van der Waals surface area contributed by atoms with Gasteiger partial charge in [-0.15, -0.1) is 37.2 Å². The molecular formula is C44H56Cl3N7O8. The topological polar surface area (TPSA) is 209 Å². The van der Waals surface area contributed by atoms with Crippen molar-refractivity contribution in [3.8, 4) is 34.0 Å². The first-order valence-corrected chi connectivity index (χ1v) is 19.7. The summed E-state index contributed by atoms with van der Waals surface area (Å²) in [7, 11) is 10.2. The van der Waals surface area contributed by atoms with Crippen molar-refractivity contribution in [1.29, 1.82) is 0 Å². The number of halogens is 3. The Bertz CT molecular complexity index is 2700. The van der Waals surface area contributed by atoms with Crippen LogP contribution >= 0.6 is 37.2 Å². The zero-order valence-electron chi connectivity index (χ0n) is 35.8. The van der Waals surface area contributed by atoms with Crippen LogP contribution in [0.15, 0.2) is 58.1 Å². The van der Waals surface area contributed by atoms with E-state index < -0.39 is 45.7 Å². The summed E-state index contributed by atoms with van der Waals surface area (Å²) in [5.41, 5.74) is 4.83. The Morgan fingerprint density at radius 3 is 1.63 bits per heavy atom. The van der Waals surface area contributed by atoms with Gasteiger partial charge in [0.05, 0.1) is 11.4 Å². The Kier molecular flexibility index (Phi) is 17.5. The molecule has 1 aliphatic heterocycles. The van der Waals surface area contributed by atoms with Crippen LogP contribution in [0, 0.1) is 0 Å². The number of likely N-dealkylation sites (N-methyl/N-ethyl adjacent to an activating group) is 1. The molecule has 6 aromatic rings. The van der Waals surface area contributed by atoms with Gasteiger partial charge in [0.15, 0.2) is 11.1 Å². The van der Waals surface area contributed by atoms with E-state index in [1.54, 1.807) is 6.92 Å². The minimum Gasteiger partial charge on any atom is -0.506 e. The van der Waals surface area contributed by atoms with Gasteiger partial charge in [-0.2, -0.15) is 0 Å². The molecule has 336 valence electrons. The van der Waals surface area contributed by atoms with Gasteiger partial charge in [0.25, 0.3) is 11.1 Å². The third-order valence-electron chi connectivity index (χ3n) is 11.4. The van der Waals surface area contributed by atoms with Crippen LogP contribution in [0.25, 0.3) is 44.3 Å². The Morgan fingerprint density at radius 1 is 0.758 bits per heavy atom. The van der Waals surface area contributed by atoms with Crippen LogP contribution in [0.1, 0.15) is 69.9 Å². The number of pyridine rings is 2. The summed E-state index contributed by atoms with van der Waals surface area (Å²) < 4.78 is 4.29. The summed E-state index contributed by atoms with van der Waals surface area (Å²) in [6.07, 6.45) is 3.21. The number of carbonyl (C=O) groups is 2. The molecule has 0 spiro atoms. The van der Waals surface area contributed by atoms with Crippen molar-refractivity contribution in [2.45, 2.75) is 58.7 Å². The lowest BCUT2D eigenvalue weighted by Crippen LogP contribution is -2.37. The molecule has 7 rings (SSSR count). The van der Waals surface area contributed by atoms with Gasteiger partial charge in [0.2, 0.25) is 0 Å². The quantitative estimate of drug-likeness (QED) is 0.0704. The summed E-state index contributed by atoms with van der Waals surface area (Å²) in [6.45, 7) is 7.38. The van der Waals surface area contributed by atoms with Crippen LogP contribution < -0.4 is 16.4 Å². The number of hydrogen-bond donors (Lipinski definition) is 7. The number of nitrogens with zero attached hydrogens (tertiary/aromatic N) is 4. The van der Waals surface area contributed by atoms with E-state index in [2.05, 4.69) is 67.5 Å². The standard InChI is InChI=1S/C25H32N4O4.C19H21N3O4.3ClH/c1-5-19-22(26-24(31)21(23(19)30)25(32)33)15-8-9-20-16(11-15)12-18(28(20)4)14-29-10-6-7-17(29)13-27(2)3;1-4-13-16(21-18(24)15(17(13)23)19(25)26)10-5-6-14-11(7-10)8-12(9-20-2)22(14)3;;;/h8-9,11-12,17H,5-7,10,13-14H2,1-4H3,(H,32,33)(H2,26,30,31);5-8,20H,4,9H2,1-3H3,(H,25,26)(H2,21,23,24);3*1H. The van der Waals surface area contributed by atoms with E-state index >= 15 is 0 Å². The fourth-order valence-corrected chi connectivity index (χ4v) is 8.40. The molecular weight excluding hydrogens is 861 g/mol. The lowest BCUT2D eigenvalue weighted by Gasteiger charge is -2.27. The van der Waals surface area contributed by atoms with Crippen molar-refractivity contribution in [2.24, 2.45) is 14.1 Å². The fourth-order valence-electron chi connectivity index (χ4n) is 8.40. The van der Waals surface area contributed by atoms with Crippen LogP contribution in [-0.4, -0.2) is 102 Å². The molecule has 0 amide bonds. The number of aromatic hydroxyl groups is 2. The number of hydrogen-bond acceptors (Lipinski definition) is 9. The number of aryl methyl sites for hydroxylation is 2. The van der Waals surface area contributed by atoms with Gasteiger partial charge in [-0.3, -0.25) is 14.5 Å². The first-order chi connectivity index (χ1) is 28.1. The molecule has 0 aliphatic carbocycles. The molecule has 15 nitrogen and oxygen atoms in total. The van der Waals surface area contributed by atoms with Crippen molar-refractivity contribution in [3.63, 3.8) is 0 Å². The predicted molar refractivity (Wildman–Crippen MR) is 250 cm³/mol. The van der Waals surface area contributed by atoms with Gasteiger partial charge in [0, 0.05) is 84.1 Å². The minimum absolute atomic E-state index is 0. The van der Waals surface area contributed by atoms with Gasteiger partial charge in [0.1, 0.15) is 11.5 Å². The Hall–Kier alpha value is -5.29. The van der Waals surface area contributed by atoms with E-state index in [-0.39, 0.29) is 37.2 Å². The van der Waals surface area contributed by atoms with E-state index in [9.17, 15) is 34.5 Å². The predicted octanol–water partition coefficient (Wildman–Crippen LogP) is 6.51. The van der Waals surface area contributed by atoms with Crippen molar-refractivity contribution in [3.05, 3.63) is 103 Å². The maximum atomic E-state index is 12.4. The molecule has 0 radical (unpaired) electrons. The zero-order valence-corrected chi connectivity index (χ0v) is 38.2. The van der Waals surface area contributed by atoms with E-state index in [0.29, 0.717) is 41.4 Å². The molecule has 7 N–H and O–H groups in total. The van der Waals surface area contributed by atoms with Crippen molar-refractivity contribution in [2.75, 3.05) is 34.2 Å². The fraction of sp³-hybridized carbons (Fsp3) is 0.364. The highest BCUT2D eigenvalue weighted by atomic mass is 35.5. The van der Waals surface area contributed by atoms with Crippen LogP contribution in [-0.2, 0) is 40.0 Å². The molecule has 2 aromatic carbocycles. The Labute approximate surface area is 377 Å². The summed E-state index contributed by atoms with van der Waals surface area (Å²) in [4.78, 5) is 57.3.